The molecule has 0 fully saturated rings. The zero-order valence-electron chi connectivity index (χ0n) is 10.8. The van der Waals surface area contributed by atoms with Crippen LogP contribution >= 0.6 is 11.3 Å². The van der Waals surface area contributed by atoms with Crippen LogP contribution in [0, 0.1) is 6.92 Å². The first kappa shape index (κ1) is 13.0. The van der Waals surface area contributed by atoms with Gasteiger partial charge in [-0.25, -0.2) is 4.98 Å². The minimum absolute atomic E-state index is 0.201. The topological polar surface area (TPSA) is 70.3 Å². The molecule has 2 aromatic heterocycles. The lowest BCUT2D eigenvalue weighted by Crippen LogP contribution is -2.12. The van der Waals surface area contributed by atoms with E-state index in [4.69, 9.17) is 15.2 Å². The summed E-state index contributed by atoms with van der Waals surface area (Å²) in [4.78, 5) is 10.3. The van der Waals surface area contributed by atoms with Crippen LogP contribution in [0.4, 0.5) is 5.95 Å². The summed E-state index contributed by atoms with van der Waals surface area (Å²) in [6, 6.07) is 2.01. The van der Waals surface area contributed by atoms with Crippen LogP contribution in [-0.4, -0.2) is 29.3 Å². The van der Waals surface area contributed by atoms with Crippen LogP contribution in [0.5, 0.6) is 5.88 Å². The summed E-state index contributed by atoms with van der Waals surface area (Å²) in [6.45, 7) is 6.99. The summed E-state index contributed by atoms with van der Waals surface area (Å²) in [5, 5.41) is 0.913. The van der Waals surface area contributed by atoms with Crippen molar-refractivity contribution in [2.75, 3.05) is 18.9 Å². The van der Waals surface area contributed by atoms with Crippen molar-refractivity contribution in [1.82, 2.24) is 9.97 Å². The number of aryl methyl sites for hydroxylation is 1. The van der Waals surface area contributed by atoms with Crippen LogP contribution in [0.15, 0.2) is 6.07 Å². The number of nitrogens with two attached hydrogens (primary N) is 1. The molecule has 0 radical (unpaired) electrons. The lowest BCUT2D eigenvalue weighted by Gasteiger charge is -2.09. The van der Waals surface area contributed by atoms with Gasteiger partial charge in [0.25, 0.3) is 0 Å². The van der Waals surface area contributed by atoms with Gasteiger partial charge in [0.2, 0.25) is 11.8 Å². The van der Waals surface area contributed by atoms with E-state index >= 15 is 0 Å². The number of hydrogen-bond donors (Lipinski definition) is 1. The molecule has 6 heteroatoms. The molecule has 2 rings (SSSR count). The number of hydrogen-bond acceptors (Lipinski definition) is 6. The zero-order valence-corrected chi connectivity index (χ0v) is 11.6. The molecule has 0 aliphatic carbocycles. The minimum Gasteiger partial charge on any atom is -0.475 e. The van der Waals surface area contributed by atoms with Gasteiger partial charge in [-0.15, -0.1) is 11.3 Å². The zero-order chi connectivity index (χ0) is 13.1. The van der Waals surface area contributed by atoms with Crippen molar-refractivity contribution in [3.05, 3.63) is 10.9 Å². The average molecular weight is 267 g/mol. The molecule has 2 N–H and O–H groups in total. The number of aromatic nitrogens is 2. The normalized spacial score (nSPS) is 11.3. The number of fused-ring (bicyclic) bond motifs is 1. The van der Waals surface area contributed by atoms with Crippen LogP contribution in [0.3, 0.4) is 0 Å². The SMILES string of the molecule is Cc1cc2c(OCCOC(C)C)nc(N)nc2s1. The monoisotopic (exact) mass is 267 g/mol. The lowest BCUT2D eigenvalue weighted by molar-refractivity contribution is 0.0546. The van der Waals surface area contributed by atoms with E-state index in [2.05, 4.69) is 9.97 Å². The summed E-state index contributed by atoms with van der Waals surface area (Å²) in [5.41, 5.74) is 5.66. The molecule has 0 atom stereocenters. The highest BCUT2D eigenvalue weighted by atomic mass is 32.1. The summed E-state index contributed by atoms with van der Waals surface area (Å²) < 4.78 is 11.0. The van der Waals surface area contributed by atoms with Crippen molar-refractivity contribution in [3.63, 3.8) is 0 Å². The fraction of sp³-hybridized carbons (Fsp3) is 0.500. The summed E-state index contributed by atoms with van der Waals surface area (Å²) in [5.74, 6) is 0.776. The Bertz CT molecular complexity index is 539. The maximum absolute atomic E-state index is 5.66. The van der Waals surface area contributed by atoms with Gasteiger partial charge in [0.1, 0.15) is 11.4 Å². The van der Waals surface area contributed by atoms with E-state index in [1.807, 2.05) is 26.8 Å². The number of nitrogens with zero attached hydrogens (tertiary/aromatic N) is 2. The molecule has 98 valence electrons. The van der Waals surface area contributed by atoms with Crippen LogP contribution in [0.1, 0.15) is 18.7 Å². The Kier molecular flexibility index (Phi) is 3.98. The number of anilines is 1. The number of nitrogen functional groups attached to an aromatic ring is 1. The molecule has 0 spiro atoms. The van der Waals surface area contributed by atoms with Crippen LogP contribution in [0.25, 0.3) is 10.2 Å². The van der Waals surface area contributed by atoms with Gasteiger partial charge in [-0.1, -0.05) is 0 Å². The van der Waals surface area contributed by atoms with Gasteiger partial charge in [0.15, 0.2) is 0 Å². The van der Waals surface area contributed by atoms with Gasteiger partial charge in [-0.2, -0.15) is 4.98 Å². The van der Waals surface area contributed by atoms with Gasteiger partial charge in [0, 0.05) is 4.88 Å². The Balaban J connectivity index is 2.11. The second-order valence-electron chi connectivity index (χ2n) is 4.23. The Morgan fingerprint density at radius 3 is 2.83 bits per heavy atom. The average Bonchev–Trinajstić information content (AvgIpc) is 2.64. The van der Waals surface area contributed by atoms with Crippen molar-refractivity contribution in [2.24, 2.45) is 0 Å². The molecule has 0 amide bonds. The molecule has 0 saturated carbocycles. The molecular weight excluding hydrogens is 250 g/mol. The third-order valence-electron chi connectivity index (χ3n) is 2.27. The van der Waals surface area contributed by atoms with Gasteiger partial charge < -0.3 is 15.2 Å². The van der Waals surface area contributed by atoms with Crippen molar-refractivity contribution in [3.8, 4) is 5.88 Å². The van der Waals surface area contributed by atoms with Crippen molar-refractivity contribution in [1.29, 1.82) is 0 Å². The Hall–Kier alpha value is -1.40. The van der Waals surface area contributed by atoms with E-state index in [1.54, 1.807) is 11.3 Å². The lowest BCUT2D eigenvalue weighted by atomic mass is 10.3. The van der Waals surface area contributed by atoms with E-state index in [-0.39, 0.29) is 12.1 Å². The fourth-order valence-electron chi connectivity index (χ4n) is 1.56. The van der Waals surface area contributed by atoms with Gasteiger partial charge in [0.05, 0.1) is 18.1 Å². The second kappa shape index (κ2) is 5.49. The smallest absolute Gasteiger partial charge is 0.227 e. The van der Waals surface area contributed by atoms with Crippen molar-refractivity contribution in [2.45, 2.75) is 26.9 Å². The second-order valence-corrected chi connectivity index (χ2v) is 5.47. The van der Waals surface area contributed by atoms with Gasteiger partial charge >= 0.3 is 0 Å². The van der Waals surface area contributed by atoms with E-state index < -0.39 is 0 Å². The highest BCUT2D eigenvalue weighted by molar-refractivity contribution is 7.18. The first-order chi connectivity index (χ1) is 8.56. The third-order valence-corrected chi connectivity index (χ3v) is 3.22. The molecule has 2 aromatic rings. The van der Waals surface area contributed by atoms with E-state index in [1.165, 1.54) is 0 Å². The number of thiophene rings is 1. The van der Waals surface area contributed by atoms with Crippen LogP contribution in [-0.2, 0) is 4.74 Å². The third kappa shape index (κ3) is 3.08. The largest absolute Gasteiger partial charge is 0.475 e. The molecule has 0 bridgehead atoms. The molecular formula is C12H17N3O2S. The highest BCUT2D eigenvalue weighted by Crippen LogP contribution is 2.30. The quantitative estimate of drug-likeness (QED) is 0.842. The molecule has 0 unspecified atom stereocenters. The van der Waals surface area contributed by atoms with E-state index in [0.29, 0.717) is 19.1 Å². The Morgan fingerprint density at radius 2 is 2.11 bits per heavy atom. The van der Waals surface area contributed by atoms with Gasteiger partial charge in [-0.3, -0.25) is 0 Å². The van der Waals surface area contributed by atoms with Crippen LogP contribution < -0.4 is 10.5 Å². The molecule has 18 heavy (non-hydrogen) atoms. The molecule has 2 heterocycles. The van der Waals surface area contributed by atoms with Crippen molar-refractivity contribution < 1.29 is 9.47 Å². The fourth-order valence-corrected chi connectivity index (χ4v) is 2.44. The predicted molar refractivity (Wildman–Crippen MR) is 73.1 cm³/mol. The van der Waals surface area contributed by atoms with E-state index in [0.717, 1.165) is 15.1 Å². The van der Waals surface area contributed by atoms with Crippen molar-refractivity contribution >= 4 is 27.5 Å². The summed E-state index contributed by atoms with van der Waals surface area (Å²) in [7, 11) is 0. The Labute approximate surface area is 110 Å². The first-order valence-electron chi connectivity index (χ1n) is 5.84. The highest BCUT2D eigenvalue weighted by Gasteiger charge is 2.10. The maximum Gasteiger partial charge on any atom is 0.227 e. The Morgan fingerprint density at radius 1 is 1.33 bits per heavy atom. The standard InChI is InChI=1S/C12H17N3O2S/c1-7(2)16-4-5-17-10-9-6-8(3)18-11(9)15-12(13)14-10/h6-7H,4-5H2,1-3H3,(H2,13,14,15). The van der Waals surface area contributed by atoms with E-state index in [9.17, 15) is 0 Å². The molecule has 5 nitrogen and oxygen atoms in total. The first-order valence-corrected chi connectivity index (χ1v) is 6.66. The number of ether oxygens (including phenoxy) is 2. The molecule has 0 aliphatic rings. The predicted octanol–water partition coefficient (Wildman–Crippen LogP) is 2.39. The minimum atomic E-state index is 0.201. The maximum atomic E-state index is 5.66. The molecule has 0 aromatic carbocycles. The van der Waals surface area contributed by atoms with Gasteiger partial charge in [-0.05, 0) is 26.8 Å². The summed E-state index contributed by atoms with van der Waals surface area (Å²) in [6.07, 6.45) is 0.201. The molecule has 0 aliphatic heterocycles. The summed E-state index contributed by atoms with van der Waals surface area (Å²) >= 11 is 1.58. The molecule has 0 saturated heterocycles. The van der Waals surface area contributed by atoms with Crippen LogP contribution in [0.2, 0.25) is 0 Å². The number of rotatable bonds is 5.